The number of benzene rings is 1. The topological polar surface area (TPSA) is 77.5 Å². The summed E-state index contributed by atoms with van der Waals surface area (Å²) in [5.41, 5.74) is 2.03. The van der Waals surface area contributed by atoms with Crippen molar-refractivity contribution in [2.24, 2.45) is 0 Å². The minimum Gasteiger partial charge on any atom is -0.480 e. The third-order valence-corrected chi connectivity index (χ3v) is 3.12. The Balaban J connectivity index is 2.30. The van der Waals surface area contributed by atoms with Gasteiger partial charge in [-0.2, -0.15) is 0 Å². The van der Waals surface area contributed by atoms with Crippen molar-refractivity contribution in [1.29, 1.82) is 0 Å². The van der Waals surface area contributed by atoms with E-state index in [9.17, 15) is 9.59 Å². The lowest BCUT2D eigenvalue weighted by atomic mass is 10.1. The first-order valence-electron chi connectivity index (χ1n) is 6.56. The van der Waals surface area contributed by atoms with Gasteiger partial charge in [-0.15, -0.1) is 0 Å². The summed E-state index contributed by atoms with van der Waals surface area (Å²) in [5.74, 6) is -0.591. The Hall–Kier alpha value is -2.89. The average molecular weight is 300 g/mol. The van der Waals surface area contributed by atoms with Crippen molar-refractivity contribution in [3.63, 3.8) is 0 Å². The van der Waals surface area contributed by atoms with Crippen molar-refractivity contribution in [3.05, 3.63) is 53.2 Å². The molecule has 0 bridgehead atoms. The SMILES string of the molecule is COC(=O)c1ccc(C)c(NC(=O)c2cccnc2OC)c1. The normalized spacial score (nSPS) is 9.95. The fraction of sp³-hybridized carbons (Fsp3) is 0.188. The average Bonchev–Trinajstić information content (AvgIpc) is 2.55. The maximum atomic E-state index is 12.3. The van der Waals surface area contributed by atoms with E-state index in [1.165, 1.54) is 14.2 Å². The number of nitrogens with one attached hydrogen (secondary N) is 1. The van der Waals surface area contributed by atoms with Crippen LogP contribution in [-0.4, -0.2) is 31.1 Å². The molecule has 2 rings (SSSR count). The molecule has 0 atom stereocenters. The number of aromatic nitrogens is 1. The molecule has 0 saturated carbocycles. The van der Waals surface area contributed by atoms with Crippen LogP contribution in [0.15, 0.2) is 36.5 Å². The molecule has 0 aliphatic heterocycles. The van der Waals surface area contributed by atoms with Crippen LogP contribution in [-0.2, 0) is 4.74 Å². The maximum absolute atomic E-state index is 12.3. The van der Waals surface area contributed by atoms with E-state index in [2.05, 4.69) is 15.0 Å². The van der Waals surface area contributed by atoms with Crippen LogP contribution in [0.1, 0.15) is 26.3 Å². The van der Waals surface area contributed by atoms with Crippen LogP contribution in [0.5, 0.6) is 5.88 Å². The summed E-state index contributed by atoms with van der Waals surface area (Å²) < 4.78 is 9.74. The first-order valence-corrected chi connectivity index (χ1v) is 6.56. The van der Waals surface area contributed by atoms with E-state index in [0.29, 0.717) is 16.8 Å². The van der Waals surface area contributed by atoms with Gasteiger partial charge in [-0.1, -0.05) is 6.07 Å². The van der Waals surface area contributed by atoms with Gasteiger partial charge in [-0.05, 0) is 36.8 Å². The van der Waals surface area contributed by atoms with Crippen molar-refractivity contribution >= 4 is 17.6 Å². The van der Waals surface area contributed by atoms with E-state index in [1.807, 2.05) is 6.92 Å². The van der Waals surface area contributed by atoms with Gasteiger partial charge in [0.25, 0.3) is 5.91 Å². The molecule has 0 spiro atoms. The highest BCUT2D eigenvalue weighted by molar-refractivity contribution is 6.06. The molecule has 6 heteroatoms. The molecule has 0 aliphatic carbocycles. The zero-order chi connectivity index (χ0) is 16.1. The van der Waals surface area contributed by atoms with Gasteiger partial charge in [0, 0.05) is 11.9 Å². The van der Waals surface area contributed by atoms with E-state index in [0.717, 1.165) is 5.56 Å². The molecule has 0 unspecified atom stereocenters. The van der Waals surface area contributed by atoms with Crippen molar-refractivity contribution in [2.45, 2.75) is 6.92 Å². The number of nitrogens with zero attached hydrogens (tertiary/aromatic N) is 1. The van der Waals surface area contributed by atoms with Crippen LogP contribution in [0, 0.1) is 6.92 Å². The fourth-order valence-electron chi connectivity index (χ4n) is 1.92. The molecular weight excluding hydrogens is 284 g/mol. The van der Waals surface area contributed by atoms with Gasteiger partial charge < -0.3 is 14.8 Å². The second-order valence-corrected chi connectivity index (χ2v) is 4.54. The minimum atomic E-state index is -0.463. The van der Waals surface area contributed by atoms with Crippen molar-refractivity contribution < 1.29 is 19.1 Å². The molecule has 1 aromatic heterocycles. The first-order chi connectivity index (χ1) is 10.6. The first kappa shape index (κ1) is 15.5. The predicted octanol–water partition coefficient (Wildman–Crippen LogP) is 2.44. The Morgan fingerprint density at radius 1 is 1.18 bits per heavy atom. The number of hydrogen-bond acceptors (Lipinski definition) is 5. The molecule has 2 aromatic rings. The molecule has 1 aromatic carbocycles. The summed E-state index contributed by atoms with van der Waals surface area (Å²) >= 11 is 0. The molecule has 22 heavy (non-hydrogen) atoms. The van der Waals surface area contributed by atoms with Gasteiger partial charge in [-0.3, -0.25) is 4.79 Å². The number of carbonyl (C=O) groups excluding carboxylic acids is 2. The molecule has 0 aliphatic rings. The smallest absolute Gasteiger partial charge is 0.337 e. The lowest BCUT2D eigenvalue weighted by molar-refractivity contribution is 0.0600. The lowest BCUT2D eigenvalue weighted by Gasteiger charge is -2.11. The number of aryl methyl sites for hydroxylation is 1. The van der Waals surface area contributed by atoms with Crippen LogP contribution in [0.25, 0.3) is 0 Å². The third kappa shape index (κ3) is 3.22. The quantitative estimate of drug-likeness (QED) is 0.877. The molecule has 1 heterocycles. The number of carbonyl (C=O) groups is 2. The van der Waals surface area contributed by atoms with Gasteiger partial charge in [0.2, 0.25) is 5.88 Å². The highest BCUT2D eigenvalue weighted by Gasteiger charge is 2.15. The number of anilines is 1. The number of ether oxygens (including phenoxy) is 2. The number of hydrogen-bond donors (Lipinski definition) is 1. The molecule has 0 fully saturated rings. The Morgan fingerprint density at radius 3 is 2.64 bits per heavy atom. The van der Waals surface area contributed by atoms with Crippen LogP contribution in [0.4, 0.5) is 5.69 Å². The van der Waals surface area contributed by atoms with Crippen LogP contribution in [0.2, 0.25) is 0 Å². The predicted molar refractivity (Wildman–Crippen MR) is 81.3 cm³/mol. The minimum absolute atomic E-state index is 0.238. The van der Waals surface area contributed by atoms with E-state index >= 15 is 0 Å². The third-order valence-electron chi connectivity index (χ3n) is 3.12. The van der Waals surface area contributed by atoms with E-state index < -0.39 is 5.97 Å². The summed E-state index contributed by atoms with van der Waals surface area (Å²) in [5, 5.41) is 2.75. The molecule has 1 amide bonds. The number of esters is 1. The van der Waals surface area contributed by atoms with Gasteiger partial charge in [0.05, 0.1) is 19.8 Å². The van der Waals surface area contributed by atoms with E-state index in [-0.39, 0.29) is 11.8 Å². The maximum Gasteiger partial charge on any atom is 0.337 e. The molecule has 1 N–H and O–H groups in total. The van der Waals surface area contributed by atoms with E-state index in [4.69, 9.17) is 4.74 Å². The largest absolute Gasteiger partial charge is 0.480 e. The van der Waals surface area contributed by atoms with Crippen LogP contribution < -0.4 is 10.1 Å². The Labute approximate surface area is 128 Å². The van der Waals surface area contributed by atoms with Gasteiger partial charge in [0.1, 0.15) is 5.56 Å². The summed E-state index contributed by atoms with van der Waals surface area (Å²) in [4.78, 5) is 27.9. The van der Waals surface area contributed by atoms with E-state index in [1.54, 1.807) is 36.5 Å². The zero-order valence-corrected chi connectivity index (χ0v) is 12.5. The van der Waals surface area contributed by atoms with Crippen molar-refractivity contribution in [1.82, 2.24) is 4.98 Å². The fourth-order valence-corrected chi connectivity index (χ4v) is 1.92. The molecule has 114 valence electrons. The van der Waals surface area contributed by atoms with Crippen LogP contribution >= 0.6 is 0 Å². The van der Waals surface area contributed by atoms with Gasteiger partial charge >= 0.3 is 5.97 Å². The summed E-state index contributed by atoms with van der Waals surface area (Å²) in [6.07, 6.45) is 1.54. The number of methoxy groups -OCH3 is 2. The zero-order valence-electron chi connectivity index (χ0n) is 12.5. The Morgan fingerprint density at radius 2 is 1.95 bits per heavy atom. The summed E-state index contributed by atoms with van der Waals surface area (Å²) in [6.45, 7) is 1.83. The van der Waals surface area contributed by atoms with Gasteiger partial charge in [0.15, 0.2) is 0 Å². The Bertz CT molecular complexity index is 713. The summed E-state index contributed by atoms with van der Waals surface area (Å²) in [6, 6.07) is 8.21. The molecular formula is C16H16N2O4. The Kier molecular flexibility index (Phi) is 4.73. The number of rotatable bonds is 4. The van der Waals surface area contributed by atoms with Crippen molar-refractivity contribution in [2.75, 3.05) is 19.5 Å². The van der Waals surface area contributed by atoms with Crippen LogP contribution in [0.3, 0.4) is 0 Å². The van der Waals surface area contributed by atoms with Crippen molar-refractivity contribution in [3.8, 4) is 5.88 Å². The second kappa shape index (κ2) is 6.71. The molecule has 0 radical (unpaired) electrons. The number of pyridine rings is 1. The summed E-state index contributed by atoms with van der Waals surface area (Å²) in [7, 11) is 2.75. The lowest BCUT2D eigenvalue weighted by Crippen LogP contribution is -2.15. The second-order valence-electron chi connectivity index (χ2n) is 4.54. The molecule has 0 saturated heterocycles. The highest BCUT2D eigenvalue weighted by atomic mass is 16.5. The monoisotopic (exact) mass is 300 g/mol. The van der Waals surface area contributed by atoms with Gasteiger partial charge in [-0.25, -0.2) is 9.78 Å². The number of amides is 1. The molecule has 6 nitrogen and oxygen atoms in total. The standard InChI is InChI=1S/C16H16N2O4/c1-10-6-7-11(16(20)22-3)9-13(10)18-14(19)12-5-4-8-17-15(12)21-2/h4-9H,1-3H3,(H,18,19). The highest BCUT2D eigenvalue weighted by Crippen LogP contribution is 2.20.